The molecule has 0 heterocycles. The molecule has 13 nitrogen and oxygen atoms in total. The highest BCUT2D eigenvalue weighted by Crippen LogP contribution is 2.20. The molecule has 3 unspecified atom stereocenters. The van der Waals surface area contributed by atoms with Gasteiger partial charge in [-0.2, -0.15) is 0 Å². The average Bonchev–Trinajstić information content (AvgIpc) is 2.92. The van der Waals surface area contributed by atoms with Crippen LogP contribution in [0.2, 0.25) is 0 Å². The predicted molar refractivity (Wildman–Crippen MR) is 152 cm³/mol. The van der Waals surface area contributed by atoms with Gasteiger partial charge >= 0.3 is 11.9 Å². The zero-order valence-corrected chi connectivity index (χ0v) is 22.9. The predicted octanol–water partition coefficient (Wildman–Crippen LogP) is -2.15. The van der Waals surface area contributed by atoms with Gasteiger partial charge < -0.3 is 26.8 Å². The number of carbonyl (C=O) groups excluding carboxylic acids is 4. The minimum absolute atomic E-state index is 0.0161. The summed E-state index contributed by atoms with van der Waals surface area (Å²) < 4.78 is 0. The van der Waals surface area contributed by atoms with Gasteiger partial charge in [-0.05, 0) is 36.0 Å². The zero-order valence-electron chi connectivity index (χ0n) is 22.9. The highest BCUT2D eigenvalue weighted by atomic mass is 16.4. The Morgan fingerprint density at radius 2 is 1.37 bits per heavy atom. The number of nitrogens with two attached hydrogens (primary N) is 3. The van der Waals surface area contributed by atoms with Crippen molar-refractivity contribution in [3.63, 3.8) is 0 Å². The van der Waals surface area contributed by atoms with Crippen molar-refractivity contribution in [2.24, 2.45) is 17.2 Å². The van der Waals surface area contributed by atoms with Gasteiger partial charge in [-0.25, -0.2) is 0 Å². The van der Waals surface area contributed by atoms with Gasteiger partial charge in [-0.3, -0.25) is 40.4 Å². The third-order valence-corrected chi connectivity index (χ3v) is 6.13. The number of carboxylic acids is 1. The Bertz CT molecular complexity index is 1230. The number of hydrogen-bond acceptors (Lipinski definition) is 5. The summed E-state index contributed by atoms with van der Waals surface area (Å²) in [5.74, 6) is -3.84. The number of rotatable bonds is 16. The minimum atomic E-state index is -1.18. The van der Waals surface area contributed by atoms with Crippen LogP contribution >= 0.6 is 0 Å². The van der Waals surface area contributed by atoms with Crippen LogP contribution in [0, 0.1) is 0 Å². The summed E-state index contributed by atoms with van der Waals surface area (Å²) in [5.41, 5.74) is 18.9. The third kappa shape index (κ3) is 11.8. The van der Waals surface area contributed by atoms with Crippen LogP contribution < -0.4 is 38.1 Å². The Morgan fingerprint density at radius 1 is 0.780 bits per heavy atom. The van der Waals surface area contributed by atoms with Crippen molar-refractivity contribution < 1.29 is 34.1 Å². The molecule has 41 heavy (non-hydrogen) atoms. The molecular formula is C28H38N7O6+. The number of nitrogens with one attached hydrogen (secondary N) is 4. The number of amides is 4. The molecule has 13 heteroatoms. The summed E-state index contributed by atoms with van der Waals surface area (Å²) in [4.78, 5) is 64.0. The summed E-state index contributed by atoms with van der Waals surface area (Å²) in [6.45, 7) is 1.54. The smallest absolute Gasteiger partial charge is 0.338 e. The SMILES string of the molecule is CC(=O)NC(CCC(=O)O)C(=O)NC(Cc1ccc(-c2ccccc2)cc1)C(=O)NC(CCC[NH+]=C(N)N)C(N)=O. The maximum atomic E-state index is 13.4. The molecule has 0 aromatic heterocycles. The lowest BCUT2D eigenvalue weighted by molar-refractivity contribution is -0.459. The number of carboxylic acid groups (broad SMARTS) is 1. The average molecular weight is 569 g/mol. The lowest BCUT2D eigenvalue weighted by Crippen LogP contribution is -2.78. The summed E-state index contributed by atoms with van der Waals surface area (Å²) in [6.07, 6.45) is 0.0757. The quantitative estimate of drug-likeness (QED) is 0.0630. The first-order chi connectivity index (χ1) is 19.5. The van der Waals surface area contributed by atoms with Gasteiger partial charge in [-0.15, -0.1) is 0 Å². The largest absolute Gasteiger partial charge is 0.481 e. The van der Waals surface area contributed by atoms with E-state index >= 15 is 0 Å². The molecule has 0 aliphatic heterocycles. The van der Waals surface area contributed by atoms with E-state index in [1.54, 1.807) is 0 Å². The molecule has 4 amide bonds. The van der Waals surface area contributed by atoms with Crippen molar-refractivity contribution in [1.82, 2.24) is 16.0 Å². The van der Waals surface area contributed by atoms with Crippen LogP contribution in [0.3, 0.4) is 0 Å². The van der Waals surface area contributed by atoms with Gasteiger partial charge in [0.05, 0.1) is 6.54 Å². The number of aliphatic carboxylic acids is 1. The maximum Gasteiger partial charge on any atom is 0.338 e. The van der Waals surface area contributed by atoms with E-state index in [2.05, 4.69) is 20.9 Å². The van der Waals surface area contributed by atoms with Gasteiger partial charge in [0.25, 0.3) is 0 Å². The molecule has 0 saturated carbocycles. The van der Waals surface area contributed by atoms with Crippen LogP contribution in [0.4, 0.5) is 0 Å². The molecule has 220 valence electrons. The number of carbonyl (C=O) groups is 5. The van der Waals surface area contributed by atoms with Crippen molar-refractivity contribution in [2.45, 2.75) is 57.2 Å². The fourth-order valence-electron chi connectivity index (χ4n) is 4.06. The molecule has 2 aromatic rings. The van der Waals surface area contributed by atoms with Crippen LogP contribution in [0.5, 0.6) is 0 Å². The number of primary amides is 1. The lowest BCUT2D eigenvalue weighted by atomic mass is 9.99. The highest BCUT2D eigenvalue weighted by Gasteiger charge is 2.29. The van der Waals surface area contributed by atoms with Crippen molar-refractivity contribution >= 4 is 35.6 Å². The molecule has 2 aromatic carbocycles. The van der Waals surface area contributed by atoms with Crippen LogP contribution in [0.25, 0.3) is 11.1 Å². The van der Waals surface area contributed by atoms with Crippen LogP contribution in [-0.4, -0.2) is 65.3 Å². The molecule has 0 aliphatic rings. The molecule has 0 saturated heterocycles. The van der Waals surface area contributed by atoms with E-state index in [9.17, 15) is 24.0 Å². The van der Waals surface area contributed by atoms with Crippen LogP contribution in [0.1, 0.15) is 38.2 Å². The molecule has 11 N–H and O–H groups in total. The minimum Gasteiger partial charge on any atom is -0.481 e. The maximum absolute atomic E-state index is 13.4. The Morgan fingerprint density at radius 3 is 1.93 bits per heavy atom. The zero-order chi connectivity index (χ0) is 30.4. The Balaban J connectivity index is 2.26. The topological polar surface area (TPSA) is 234 Å². The standard InChI is InChI=1S/C28H37N7O6/c1-17(36)33-22(13-14-24(37)38)26(40)35-23(27(41)34-21(25(29)39)8-5-15-32-28(30)31)16-18-9-11-20(12-10-18)19-6-3-2-4-7-19/h2-4,6-7,9-12,21-23H,5,8,13-16H2,1H3,(H2,29,39)(H,33,36)(H,34,41)(H,35,40)(H,37,38)(H4,30,31,32)/p+1. The highest BCUT2D eigenvalue weighted by molar-refractivity contribution is 5.94. The van der Waals surface area contributed by atoms with Crippen molar-refractivity contribution in [3.8, 4) is 11.1 Å². The summed E-state index contributed by atoms with van der Waals surface area (Å²) >= 11 is 0. The molecule has 0 radical (unpaired) electrons. The fourth-order valence-corrected chi connectivity index (χ4v) is 4.06. The van der Waals surface area contributed by atoms with Gasteiger partial charge in [0.15, 0.2) is 0 Å². The van der Waals surface area contributed by atoms with Gasteiger partial charge in [0, 0.05) is 19.8 Å². The van der Waals surface area contributed by atoms with Gasteiger partial charge in [-0.1, -0.05) is 54.6 Å². The molecule has 3 atom stereocenters. The molecular weight excluding hydrogens is 530 g/mol. The first-order valence-electron chi connectivity index (χ1n) is 13.1. The van der Waals surface area contributed by atoms with E-state index in [1.165, 1.54) is 6.92 Å². The number of benzene rings is 2. The van der Waals surface area contributed by atoms with E-state index < -0.39 is 47.7 Å². The summed E-state index contributed by atoms with van der Waals surface area (Å²) in [6, 6.07) is 13.7. The number of guanidine groups is 1. The van der Waals surface area contributed by atoms with Crippen LogP contribution in [-0.2, 0) is 30.4 Å². The number of hydrogen-bond donors (Lipinski definition) is 8. The van der Waals surface area contributed by atoms with E-state index in [1.807, 2.05) is 54.6 Å². The van der Waals surface area contributed by atoms with E-state index in [0.29, 0.717) is 18.5 Å². The van der Waals surface area contributed by atoms with Gasteiger partial charge in [0.1, 0.15) is 18.1 Å². The Hall–Kier alpha value is -4.94. The van der Waals surface area contributed by atoms with E-state index in [4.69, 9.17) is 22.3 Å². The van der Waals surface area contributed by atoms with Crippen molar-refractivity contribution in [3.05, 3.63) is 60.2 Å². The van der Waals surface area contributed by atoms with E-state index in [0.717, 1.165) is 11.1 Å². The molecule has 0 bridgehead atoms. The summed E-state index contributed by atoms with van der Waals surface area (Å²) in [7, 11) is 0. The molecule has 2 rings (SSSR count). The molecule has 0 aliphatic carbocycles. The third-order valence-electron chi connectivity index (χ3n) is 6.13. The van der Waals surface area contributed by atoms with Crippen LogP contribution in [0.15, 0.2) is 54.6 Å². The van der Waals surface area contributed by atoms with Crippen molar-refractivity contribution in [1.29, 1.82) is 0 Å². The lowest BCUT2D eigenvalue weighted by Gasteiger charge is -2.24. The molecule has 0 spiro atoms. The van der Waals surface area contributed by atoms with Crippen molar-refractivity contribution in [2.75, 3.05) is 6.54 Å². The first kappa shape index (κ1) is 32.3. The second-order valence-corrected chi connectivity index (χ2v) is 9.50. The normalized spacial score (nSPS) is 12.7. The fraction of sp³-hybridized carbons (Fsp3) is 0.357. The second kappa shape index (κ2) is 16.2. The Kier molecular flexibility index (Phi) is 12.8. The first-order valence-corrected chi connectivity index (χ1v) is 13.1. The second-order valence-electron chi connectivity index (χ2n) is 9.50. The molecule has 0 fully saturated rings. The Labute approximate surface area is 237 Å². The summed E-state index contributed by atoms with van der Waals surface area (Å²) in [5, 5.41) is 16.7. The van der Waals surface area contributed by atoms with Gasteiger partial charge in [0.2, 0.25) is 23.6 Å². The van der Waals surface area contributed by atoms with E-state index in [-0.39, 0.29) is 31.6 Å². The monoisotopic (exact) mass is 568 g/mol.